The highest BCUT2D eigenvalue weighted by Gasteiger charge is 2.57. The number of aromatic hydroxyl groups is 1. The van der Waals surface area contributed by atoms with Crippen LogP contribution >= 0.6 is 0 Å². The van der Waals surface area contributed by atoms with Gasteiger partial charge in [-0.15, -0.1) is 0 Å². The fourth-order valence-corrected chi connectivity index (χ4v) is 6.54. The molecule has 1 aliphatic carbocycles. The second-order valence-electron chi connectivity index (χ2n) is 10.7. The number of carbonyl (C=O) groups excluding carboxylic acids is 2. The maximum Gasteiger partial charge on any atom is 0.238 e. The van der Waals surface area contributed by atoms with Crippen LogP contribution in [0.3, 0.4) is 0 Å². The van der Waals surface area contributed by atoms with Crippen LogP contribution in [-0.2, 0) is 19.1 Å². The van der Waals surface area contributed by atoms with Gasteiger partial charge in [0.2, 0.25) is 11.8 Å². The van der Waals surface area contributed by atoms with Crippen LogP contribution < -0.4 is 4.90 Å². The molecule has 1 aromatic heterocycles. The van der Waals surface area contributed by atoms with Gasteiger partial charge in [0.15, 0.2) is 11.6 Å². The fourth-order valence-electron chi connectivity index (χ4n) is 6.54. The van der Waals surface area contributed by atoms with Gasteiger partial charge >= 0.3 is 0 Å². The number of anilines is 1. The molecule has 0 unspecified atom stereocenters. The lowest BCUT2D eigenvalue weighted by Gasteiger charge is -2.31. The van der Waals surface area contributed by atoms with Crippen molar-refractivity contribution in [1.82, 2.24) is 4.98 Å². The number of halogens is 1. The number of rotatable bonds is 8. The first-order valence-electron chi connectivity index (χ1n) is 13.8. The summed E-state index contributed by atoms with van der Waals surface area (Å²) in [7, 11) is 1.63. The van der Waals surface area contributed by atoms with Gasteiger partial charge < -0.3 is 14.6 Å². The zero-order valence-corrected chi connectivity index (χ0v) is 22.7. The van der Waals surface area contributed by atoms with Crippen LogP contribution in [0, 0.1) is 23.6 Å². The topological polar surface area (TPSA) is 89.0 Å². The molecule has 8 heteroatoms. The molecule has 0 radical (unpaired) electrons. The van der Waals surface area contributed by atoms with Crippen LogP contribution in [0.5, 0.6) is 5.75 Å². The standard InChI is InChI=1S/C33H31FN2O5/c1-40-18-22-17-24-31(33(39)36(32(24)38)23-7-3-2-4-8-23)25-19-41-29(30(22)25)13-11-21(27-9-5-6-14-35-27)15-20-10-12-28(37)26(34)16-20/h2-10,12,14-16,24-25,29,31,37H,11,13,17-19H2,1H3/b21-15-/t24-,25+,29-,31-/m1/s1. The summed E-state index contributed by atoms with van der Waals surface area (Å²) >= 11 is 0. The van der Waals surface area contributed by atoms with E-state index in [-0.39, 0.29) is 23.8 Å². The van der Waals surface area contributed by atoms with Gasteiger partial charge in [-0.2, -0.15) is 0 Å². The van der Waals surface area contributed by atoms with Gasteiger partial charge in [0.1, 0.15) is 0 Å². The van der Waals surface area contributed by atoms with Crippen LogP contribution in [0.2, 0.25) is 0 Å². The third-order valence-corrected chi connectivity index (χ3v) is 8.32. The molecule has 3 heterocycles. The lowest BCUT2D eigenvalue weighted by Crippen LogP contribution is -2.35. The van der Waals surface area contributed by atoms with Crippen molar-refractivity contribution in [1.29, 1.82) is 0 Å². The molecule has 2 amide bonds. The second kappa shape index (κ2) is 11.4. The number of imide groups is 1. The number of hydrogen-bond acceptors (Lipinski definition) is 6. The quantitative estimate of drug-likeness (QED) is 0.296. The summed E-state index contributed by atoms with van der Waals surface area (Å²) < 4.78 is 26.0. The first-order chi connectivity index (χ1) is 20.0. The molecule has 0 spiro atoms. The monoisotopic (exact) mass is 554 g/mol. The Bertz CT molecular complexity index is 1520. The van der Waals surface area contributed by atoms with E-state index < -0.39 is 23.4 Å². The highest BCUT2D eigenvalue weighted by molar-refractivity contribution is 6.22. The number of phenolic OH excluding ortho intramolecular Hbond substituents is 1. The van der Waals surface area contributed by atoms with Crippen LogP contribution in [0.4, 0.5) is 10.1 Å². The van der Waals surface area contributed by atoms with Crippen LogP contribution in [-0.4, -0.2) is 48.3 Å². The van der Waals surface area contributed by atoms with Gasteiger partial charge in [-0.05, 0) is 84.0 Å². The van der Waals surface area contributed by atoms with Crippen LogP contribution in [0.1, 0.15) is 30.5 Å². The summed E-state index contributed by atoms with van der Waals surface area (Å²) in [4.78, 5) is 33.1. The number of phenols is 1. The number of fused-ring (bicyclic) bond motifs is 3. The molecule has 4 atom stereocenters. The number of methoxy groups -OCH3 is 1. The lowest BCUT2D eigenvalue weighted by atomic mass is 9.69. The molecular formula is C33H31FN2O5. The molecular weight excluding hydrogens is 523 g/mol. The maximum atomic E-state index is 14.1. The largest absolute Gasteiger partial charge is 0.505 e. The molecule has 0 saturated carbocycles. The van der Waals surface area contributed by atoms with E-state index in [0.717, 1.165) is 22.4 Å². The average Bonchev–Trinajstić information content (AvgIpc) is 3.52. The van der Waals surface area contributed by atoms with E-state index in [0.29, 0.717) is 43.7 Å². The van der Waals surface area contributed by atoms with Crippen molar-refractivity contribution in [3.63, 3.8) is 0 Å². The van der Waals surface area contributed by atoms with E-state index in [9.17, 15) is 19.1 Å². The third kappa shape index (κ3) is 5.09. The molecule has 6 rings (SSSR count). The van der Waals surface area contributed by atoms with Crippen molar-refractivity contribution >= 4 is 29.2 Å². The second-order valence-corrected chi connectivity index (χ2v) is 10.7. The molecule has 3 aliphatic rings. The Balaban J connectivity index is 1.28. The molecule has 2 saturated heterocycles. The summed E-state index contributed by atoms with van der Waals surface area (Å²) in [6, 6.07) is 19.0. The van der Waals surface area contributed by atoms with Gasteiger partial charge in [-0.3, -0.25) is 19.5 Å². The van der Waals surface area contributed by atoms with Crippen molar-refractivity contribution < 1.29 is 28.6 Å². The Morgan fingerprint density at radius 3 is 2.63 bits per heavy atom. The first kappa shape index (κ1) is 27.1. The van der Waals surface area contributed by atoms with Gasteiger partial charge in [0, 0.05) is 19.2 Å². The Kier molecular flexibility index (Phi) is 7.51. The minimum absolute atomic E-state index is 0.163. The number of allylic oxidation sites excluding steroid dienone is 1. The number of aromatic nitrogens is 1. The van der Waals surface area contributed by atoms with Gasteiger partial charge in [0.05, 0.1) is 42.5 Å². The highest BCUT2D eigenvalue weighted by Crippen LogP contribution is 2.50. The van der Waals surface area contributed by atoms with Gasteiger partial charge in [0.25, 0.3) is 0 Å². The maximum absolute atomic E-state index is 14.1. The Morgan fingerprint density at radius 1 is 1.10 bits per heavy atom. The summed E-state index contributed by atoms with van der Waals surface area (Å²) in [5.41, 5.74) is 4.97. The summed E-state index contributed by atoms with van der Waals surface area (Å²) in [6.07, 6.45) is 5.00. The lowest BCUT2D eigenvalue weighted by molar-refractivity contribution is -0.122. The SMILES string of the molecule is COCC1=C2[C@@H](CC/C(=C/c3ccc(O)c(F)c3)c3ccccn3)OC[C@@H]2[C@@H]2C(=O)N(c3ccccc3)C(=O)[C@@H]2C1. The van der Waals surface area contributed by atoms with E-state index in [2.05, 4.69) is 4.98 Å². The Labute approximate surface area is 237 Å². The van der Waals surface area contributed by atoms with Crippen LogP contribution in [0.25, 0.3) is 11.6 Å². The number of ether oxygens (including phenoxy) is 2. The zero-order chi connectivity index (χ0) is 28.5. The van der Waals surface area contributed by atoms with E-state index in [1.807, 2.05) is 42.5 Å². The van der Waals surface area contributed by atoms with E-state index in [4.69, 9.17) is 9.47 Å². The number of nitrogens with zero attached hydrogens (tertiary/aromatic N) is 2. The highest BCUT2D eigenvalue weighted by atomic mass is 19.1. The molecule has 2 aliphatic heterocycles. The van der Waals surface area contributed by atoms with Crippen molar-refractivity contribution in [3.8, 4) is 5.75 Å². The van der Waals surface area contributed by atoms with Crippen molar-refractivity contribution in [2.24, 2.45) is 17.8 Å². The molecule has 2 aromatic carbocycles. The normalized spacial score (nSPS) is 24.1. The van der Waals surface area contributed by atoms with Gasteiger partial charge in [-0.25, -0.2) is 4.39 Å². The average molecular weight is 555 g/mol. The number of hydrogen-bond donors (Lipinski definition) is 1. The molecule has 7 nitrogen and oxygen atoms in total. The number of benzene rings is 2. The summed E-state index contributed by atoms with van der Waals surface area (Å²) in [5.74, 6) is -2.51. The number of amides is 2. The van der Waals surface area contributed by atoms with Gasteiger partial charge in [-0.1, -0.05) is 30.3 Å². The zero-order valence-electron chi connectivity index (χ0n) is 22.7. The van der Waals surface area contributed by atoms with E-state index in [1.54, 1.807) is 31.5 Å². The molecule has 0 bridgehead atoms. The number of para-hydroxylation sites is 1. The van der Waals surface area contributed by atoms with Crippen molar-refractivity contribution in [2.45, 2.75) is 25.4 Å². The van der Waals surface area contributed by atoms with Crippen molar-refractivity contribution in [3.05, 3.63) is 101 Å². The molecule has 2 fully saturated rings. The van der Waals surface area contributed by atoms with E-state index >= 15 is 0 Å². The summed E-state index contributed by atoms with van der Waals surface area (Å²) in [5, 5.41) is 9.61. The Morgan fingerprint density at radius 2 is 1.90 bits per heavy atom. The first-order valence-corrected chi connectivity index (χ1v) is 13.8. The fraction of sp³-hybridized carbons (Fsp3) is 0.303. The van der Waals surface area contributed by atoms with E-state index in [1.165, 1.54) is 17.0 Å². The predicted molar refractivity (Wildman–Crippen MR) is 152 cm³/mol. The minimum Gasteiger partial charge on any atom is -0.505 e. The third-order valence-electron chi connectivity index (χ3n) is 8.32. The minimum atomic E-state index is -0.687. The smallest absolute Gasteiger partial charge is 0.238 e. The molecule has 1 N–H and O–H groups in total. The summed E-state index contributed by atoms with van der Waals surface area (Å²) in [6.45, 7) is 0.735. The molecule has 41 heavy (non-hydrogen) atoms. The predicted octanol–water partition coefficient (Wildman–Crippen LogP) is 5.41. The molecule has 210 valence electrons. The number of pyridine rings is 1. The Hall–Kier alpha value is -4.14. The molecule has 3 aromatic rings. The van der Waals surface area contributed by atoms with Crippen LogP contribution in [0.15, 0.2) is 84.1 Å². The number of carbonyl (C=O) groups is 2. The van der Waals surface area contributed by atoms with Crippen molar-refractivity contribution in [2.75, 3.05) is 25.2 Å².